The zero-order valence-electron chi connectivity index (χ0n) is 14.8. The van der Waals surface area contributed by atoms with Gasteiger partial charge >= 0.3 is 0 Å². The summed E-state index contributed by atoms with van der Waals surface area (Å²) in [6.07, 6.45) is 7.36. The van der Waals surface area contributed by atoms with Gasteiger partial charge in [-0.2, -0.15) is 4.80 Å². The number of rotatable bonds is 3. The molecule has 6 nitrogen and oxygen atoms in total. The lowest BCUT2D eigenvalue weighted by Gasteiger charge is -2.44. The number of benzene rings is 1. The zero-order valence-corrected chi connectivity index (χ0v) is 14.8. The van der Waals surface area contributed by atoms with Crippen molar-refractivity contribution in [1.82, 2.24) is 25.1 Å². The van der Waals surface area contributed by atoms with Crippen LogP contribution in [0.2, 0.25) is 0 Å². The van der Waals surface area contributed by atoms with Gasteiger partial charge in [0.05, 0.1) is 0 Å². The SMILES string of the molecule is Cc1ccc(-c2nnn(CC(=O)N3CCC[C@@H]4CCCC[C@@H]43)n2)cc1. The van der Waals surface area contributed by atoms with Crippen LogP contribution in [0.15, 0.2) is 24.3 Å². The van der Waals surface area contributed by atoms with Crippen LogP contribution in [0.5, 0.6) is 0 Å². The van der Waals surface area contributed by atoms with Gasteiger partial charge in [0, 0.05) is 18.2 Å². The first-order valence-corrected chi connectivity index (χ1v) is 9.35. The predicted molar refractivity (Wildman–Crippen MR) is 94.7 cm³/mol. The molecule has 1 saturated carbocycles. The number of carbonyl (C=O) groups is 1. The molecule has 1 aromatic carbocycles. The zero-order chi connectivity index (χ0) is 17.2. The molecule has 1 saturated heterocycles. The van der Waals surface area contributed by atoms with E-state index >= 15 is 0 Å². The smallest absolute Gasteiger partial charge is 0.246 e. The molecule has 2 aromatic rings. The standard InChI is InChI=1S/C19H25N5O/c1-14-8-10-16(11-9-14)19-20-22-24(21-19)13-18(25)23-12-4-6-15-5-2-3-7-17(15)23/h8-11,15,17H,2-7,12-13H2,1H3/t15-,17-/m0/s1. The largest absolute Gasteiger partial charge is 0.338 e. The first-order valence-electron chi connectivity index (χ1n) is 9.35. The Kier molecular flexibility index (Phi) is 4.51. The van der Waals surface area contributed by atoms with E-state index in [1.165, 1.54) is 36.0 Å². The topological polar surface area (TPSA) is 63.9 Å². The summed E-state index contributed by atoms with van der Waals surface area (Å²) in [5, 5.41) is 12.6. The minimum atomic E-state index is 0.129. The summed E-state index contributed by atoms with van der Waals surface area (Å²) in [6.45, 7) is 3.10. The Bertz CT molecular complexity index is 737. The van der Waals surface area contributed by atoms with E-state index in [9.17, 15) is 4.79 Å². The lowest BCUT2D eigenvalue weighted by atomic mass is 9.78. The number of amides is 1. The van der Waals surface area contributed by atoms with Crippen molar-refractivity contribution in [3.63, 3.8) is 0 Å². The van der Waals surface area contributed by atoms with Crippen LogP contribution in [0.3, 0.4) is 0 Å². The van der Waals surface area contributed by atoms with Gasteiger partial charge in [-0.3, -0.25) is 4.79 Å². The molecule has 0 radical (unpaired) electrons. The fourth-order valence-electron chi connectivity index (χ4n) is 4.27. The minimum absolute atomic E-state index is 0.129. The van der Waals surface area contributed by atoms with Crippen LogP contribution in [-0.2, 0) is 11.3 Å². The van der Waals surface area contributed by atoms with Crippen LogP contribution in [0.25, 0.3) is 11.4 Å². The number of fused-ring (bicyclic) bond motifs is 1. The number of hydrogen-bond acceptors (Lipinski definition) is 4. The summed E-state index contributed by atoms with van der Waals surface area (Å²) >= 11 is 0. The fourth-order valence-corrected chi connectivity index (χ4v) is 4.27. The van der Waals surface area contributed by atoms with E-state index in [1.54, 1.807) is 0 Å². The first kappa shape index (κ1) is 16.2. The summed E-state index contributed by atoms with van der Waals surface area (Å²) in [6, 6.07) is 8.44. The van der Waals surface area contributed by atoms with Crippen molar-refractivity contribution >= 4 is 5.91 Å². The number of hydrogen-bond donors (Lipinski definition) is 0. The van der Waals surface area contributed by atoms with Gasteiger partial charge in [0.1, 0.15) is 6.54 Å². The fraction of sp³-hybridized carbons (Fsp3) is 0.579. The van der Waals surface area contributed by atoms with Crippen LogP contribution in [-0.4, -0.2) is 43.6 Å². The molecule has 2 atom stereocenters. The van der Waals surface area contributed by atoms with E-state index < -0.39 is 0 Å². The van der Waals surface area contributed by atoms with Crippen molar-refractivity contribution in [3.05, 3.63) is 29.8 Å². The molecule has 0 N–H and O–H groups in total. The van der Waals surface area contributed by atoms with E-state index in [1.807, 2.05) is 31.2 Å². The Morgan fingerprint density at radius 2 is 1.88 bits per heavy atom. The highest BCUT2D eigenvalue weighted by atomic mass is 16.2. The van der Waals surface area contributed by atoms with E-state index in [-0.39, 0.29) is 12.5 Å². The second kappa shape index (κ2) is 6.94. The molecule has 0 spiro atoms. The molecule has 6 heteroatoms. The van der Waals surface area contributed by atoms with E-state index in [0.717, 1.165) is 24.9 Å². The Morgan fingerprint density at radius 3 is 2.72 bits per heavy atom. The molecule has 1 aliphatic carbocycles. The molecule has 0 bridgehead atoms. The Morgan fingerprint density at radius 1 is 1.12 bits per heavy atom. The molecule has 2 fully saturated rings. The van der Waals surface area contributed by atoms with Gasteiger partial charge in [-0.1, -0.05) is 42.7 Å². The quantitative estimate of drug-likeness (QED) is 0.862. The molecule has 0 unspecified atom stereocenters. The Balaban J connectivity index is 1.45. The summed E-state index contributed by atoms with van der Waals surface area (Å²) in [5.74, 6) is 1.39. The number of carbonyl (C=O) groups excluding carboxylic acids is 1. The molecule has 2 aliphatic rings. The second-order valence-corrected chi connectivity index (χ2v) is 7.35. The Hall–Kier alpha value is -2.24. The highest BCUT2D eigenvalue weighted by molar-refractivity contribution is 5.76. The summed E-state index contributed by atoms with van der Waals surface area (Å²) in [4.78, 5) is 16.3. The predicted octanol–water partition coefficient (Wildman–Crippen LogP) is 2.83. The average Bonchev–Trinajstić information content (AvgIpc) is 3.10. The number of likely N-dealkylation sites (tertiary alicyclic amines) is 1. The van der Waals surface area contributed by atoms with Gasteiger partial charge in [-0.25, -0.2) is 0 Å². The van der Waals surface area contributed by atoms with E-state index in [4.69, 9.17) is 0 Å². The Labute approximate surface area is 148 Å². The lowest BCUT2D eigenvalue weighted by Crippen LogP contribution is -2.50. The highest BCUT2D eigenvalue weighted by Crippen LogP contribution is 2.35. The number of aromatic nitrogens is 4. The maximum atomic E-state index is 12.8. The van der Waals surface area contributed by atoms with Gasteiger partial charge in [0.2, 0.25) is 11.7 Å². The molecular weight excluding hydrogens is 314 g/mol. The third-order valence-corrected chi connectivity index (χ3v) is 5.60. The van der Waals surface area contributed by atoms with Crippen LogP contribution >= 0.6 is 0 Å². The average molecular weight is 339 g/mol. The van der Waals surface area contributed by atoms with Gasteiger partial charge in [0.25, 0.3) is 0 Å². The van der Waals surface area contributed by atoms with Crippen LogP contribution in [0, 0.1) is 12.8 Å². The lowest BCUT2D eigenvalue weighted by molar-refractivity contribution is -0.138. The van der Waals surface area contributed by atoms with Crippen molar-refractivity contribution in [2.45, 2.75) is 58.0 Å². The molecule has 1 aromatic heterocycles. The van der Waals surface area contributed by atoms with E-state index in [2.05, 4.69) is 20.3 Å². The minimum Gasteiger partial charge on any atom is -0.338 e. The molecule has 25 heavy (non-hydrogen) atoms. The highest BCUT2D eigenvalue weighted by Gasteiger charge is 2.35. The summed E-state index contributed by atoms with van der Waals surface area (Å²) in [7, 11) is 0. The normalized spacial score (nSPS) is 23.3. The van der Waals surface area contributed by atoms with Crippen LogP contribution in [0.1, 0.15) is 44.1 Å². The van der Waals surface area contributed by atoms with Crippen LogP contribution in [0.4, 0.5) is 0 Å². The number of aryl methyl sites for hydroxylation is 1. The molecule has 2 heterocycles. The summed E-state index contributed by atoms with van der Waals surface area (Å²) in [5.41, 5.74) is 2.12. The molecule has 1 aliphatic heterocycles. The maximum absolute atomic E-state index is 12.8. The van der Waals surface area contributed by atoms with Gasteiger partial charge < -0.3 is 4.90 Å². The van der Waals surface area contributed by atoms with Gasteiger partial charge in [-0.05, 0) is 43.7 Å². The monoisotopic (exact) mass is 339 g/mol. The van der Waals surface area contributed by atoms with Crippen molar-refractivity contribution < 1.29 is 4.79 Å². The van der Waals surface area contributed by atoms with Crippen molar-refractivity contribution in [3.8, 4) is 11.4 Å². The molecule has 132 valence electrons. The number of piperidine rings is 1. The van der Waals surface area contributed by atoms with Crippen molar-refractivity contribution in [2.75, 3.05) is 6.54 Å². The summed E-state index contributed by atoms with van der Waals surface area (Å²) < 4.78 is 0. The van der Waals surface area contributed by atoms with Gasteiger partial charge in [-0.15, -0.1) is 10.2 Å². The number of nitrogens with zero attached hydrogens (tertiary/aromatic N) is 5. The first-order chi connectivity index (χ1) is 12.2. The molecule has 1 amide bonds. The number of tetrazole rings is 1. The van der Waals surface area contributed by atoms with Gasteiger partial charge in [0.15, 0.2) is 0 Å². The molecular formula is C19H25N5O. The van der Waals surface area contributed by atoms with Crippen molar-refractivity contribution in [1.29, 1.82) is 0 Å². The van der Waals surface area contributed by atoms with E-state index in [0.29, 0.717) is 17.8 Å². The van der Waals surface area contributed by atoms with Crippen LogP contribution < -0.4 is 0 Å². The second-order valence-electron chi connectivity index (χ2n) is 7.35. The van der Waals surface area contributed by atoms with Crippen molar-refractivity contribution in [2.24, 2.45) is 5.92 Å². The molecule has 4 rings (SSSR count). The maximum Gasteiger partial charge on any atom is 0.246 e. The third kappa shape index (κ3) is 3.43. The third-order valence-electron chi connectivity index (χ3n) is 5.60.